The lowest BCUT2D eigenvalue weighted by molar-refractivity contribution is -0.384. The summed E-state index contributed by atoms with van der Waals surface area (Å²) in [5.41, 5.74) is 1.04. The lowest BCUT2D eigenvalue weighted by Crippen LogP contribution is -1.92. The number of nitro benzene ring substituents is 1. The fraction of sp³-hybridized carbons (Fsp3) is 0.308. The third-order valence-corrected chi connectivity index (χ3v) is 2.55. The Kier molecular flexibility index (Phi) is 3.41. The maximum Gasteiger partial charge on any atom is 0.278 e. The monoisotopic (exact) mass is 246 g/mol. The van der Waals surface area contributed by atoms with Crippen LogP contribution in [-0.2, 0) is 6.42 Å². The molecule has 1 heterocycles. The van der Waals surface area contributed by atoms with Gasteiger partial charge in [0.05, 0.1) is 10.5 Å². The first-order chi connectivity index (χ1) is 8.58. The van der Waals surface area contributed by atoms with Crippen molar-refractivity contribution in [3.05, 3.63) is 46.2 Å². The van der Waals surface area contributed by atoms with Crippen LogP contribution in [0.15, 0.2) is 34.9 Å². The molecule has 0 fully saturated rings. The van der Waals surface area contributed by atoms with Gasteiger partial charge in [0.15, 0.2) is 0 Å². The SMILES string of the molecule is CC(C)Cc1cc(-c2ccccc2[N+](=O)[O-])no1. The van der Waals surface area contributed by atoms with Crippen LogP contribution in [0.5, 0.6) is 0 Å². The molecule has 5 heteroatoms. The molecule has 0 atom stereocenters. The summed E-state index contributed by atoms with van der Waals surface area (Å²) in [6.07, 6.45) is 0.771. The summed E-state index contributed by atoms with van der Waals surface area (Å²) in [7, 11) is 0. The molecule has 1 aromatic heterocycles. The molecule has 0 unspecified atom stereocenters. The molecule has 2 aromatic rings. The predicted octanol–water partition coefficient (Wildman–Crippen LogP) is 3.45. The lowest BCUT2D eigenvalue weighted by atomic mass is 10.1. The molecule has 0 aliphatic rings. The summed E-state index contributed by atoms with van der Waals surface area (Å²) < 4.78 is 5.19. The summed E-state index contributed by atoms with van der Waals surface area (Å²) >= 11 is 0. The van der Waals surface area contributed by atoms with Gasteiger partial charge in [-0.15, -0.1) is 0 Å². The van der Waals surface area contributed by atoms with E-state index in [0.717, 1.165) is 12.2 Å². The largest absolute Gasteiger partial charge is 0.361 e. The molecule has 0 aliphatic heterocycles. The van der Waals surface area contributed by atoms with Crippen LogP contribution in [0, 0.1) is 16.0 Å². The van der Waals surface area contributed by atoms with Crippen molar-refractivity contribution in [2.75, 3.05) is 0 Å². The van der Waals surface area contributed by atoms with E-state index in [9.17, 15) is 10.1 Å². The van der Waals surface area contributed by atoms with E-state index in [4.69, 9.17) is 4.52 Å². The first kappa shape index (κ1) is 12.3. The standard InChI is InChI=1S/C13H14N2O3/c1-9(2)7-10-8-12(14-18-10)11-5-3-4-6-13(11)15(16)17/h3-6,8-9H,7H2,1-2H3. The third-order valence-electron chi connectivity index (χ3n) is 2.55. The quantitative estimate of drug-likeness (QED) is 0.612. The molecule has 0 spiro atoms. The minimum atomic E-state index is -0.411. The van der Waals surface area contributed by atoms with Crippen molar-refractivity contribution < 1.29 is 9.45 Å². The van der Waals surface area contributed by atoms with Crippen LogP contribution in [0.2, 0.25) is 0 Å². The smallest absolute Gasteiger partial charge is 0.278 e. The van der Waals surface area contributed by atoms with Gasteiger partial charge in [-0.1, -0.05) is 31.1 Å². The molecular weight excluding hydrogens is 232 g/mol. The van der Waals surface area contributed by atoms with Crippen LogP contribution < -0.4 is 0 Å². The maximum absolute atomic E-state index is 10.9. The Bertz CT molecular complexity index is 561. The molecule has 94 valence electrons. The Balaban J connectivity index is 2.37. The summed E-state index contributed by atoms with van der Waals surface area (Å²) in [5, 5.41) is 14.8. The van der Waals surface area contributed by atoms with E-state index in [1.165, 1.54) is 6.07 Å². The van der Waals surface area contributed by atoms with E-state index >= 15 is 0 Å². The van der Waals surface area contributed by atoms with Gasteiger partial charge in [-0.3, -0.25) is 10.1 Å². The Hall–Kier alpha value is -2.17. The molecule has 18 heavy (non-hydrogen) atoms. The average molecular weight is 246 g/mol. The minimum absolute atomic E-state index is 0.0434. The Morgan fingerprint density at radius 3 is 2.78 bits per heavy atom. The molecular formula is C13H14N2O3. The van der Waals surface area contributed by atoms with E-state index < -0.39 is 4.92 Å². The molecule has 0 bridgehead atoms. The predicted molar refractivity (Wildman–Crippen MR) is 67.1 cm³/mol. The molecule has 5 nitrogen and oxygen atoms in total. The number of hydrogen-bond acceptors (Lipinski definition) is 4. The fourth-order valence-electron chi connectivity index (χ4n) is 1.79. The van der Waals surface area contributed by atoms with E-state index in [2.05, 4.69) is 19.0 Å². The van der Waals surface area contributed by atoms with Gasteiger partial charge in [0.25, 0.3) is 5.69 Å². The molecule has 0 saturated heterocycles. The van der Waals surface area contributed by atoms with Crippen LogP contribution in [-0.4, -0.2) is 10.1 Å². The molecule has 0 radical (unpaired) electrons. The van der Waals surface area contributed by atoms with Crippen molar-refractivity contribution >= 4 is 5.69 Å². The van der Waals surface area contributed by atoms with Crippen LogP contribution in [0.3, 0.4) is 0 Å². The zero-order valence-electron chi connectivity index (χ0n) is 10.3. The number of nitrogens with zero attached hydrogens (tertiary/aromatic N) is 2. The highest BCUT2D eigenvalue weighted by Crippen LogP contribution is 2.29. The molecule has 2 rings (SSSR count). The van der Waals surface area contributed by atoms with E-state index in [0.29, 0.717) is 17.2 Å². The van der Waals surface area contributed by atoms with Gasteiger partial charge in [-0.25, -0.2) is 0 Å². The van der Waals surface area contributed by atoms with E-state index in [1.807, 2.05) is 0 Å². The van der Waals surface area contributed by atoms with Crippen LogP contribution in [0.25, 0.3) is 11.3 Å². The fourth-order valence-corrected chi connectivity index (χ4v) is 1.79. The van der Waals surface area contributed by atoms with Gasteiger partial charge in [-0.2, -0.15) is 0 Å². The zero-order valence-corrected chi connectivity index (χ0v) is 10.3. The van der Waals surface area contributed by atoms with Crippen molar-refractivity contribution in [2.24, 2.45) is 5.92 Å². The van der Waals surface area contributed by atoms with E-state index in [-0.39, 0.29) is 5.69 Å². The number of hydrogen-bond donors (Lipinski definition) is 0. The van der Waals surface area contributed by atoms with Crippen LogP contribution in [0.4, 0.5) is 5.69 Å². The van der Waals surface area contributed by atoms with Crippen molar-refractivity contribution in [2.45, 2.75) is 20.3 Å². The number of para-hydroxylation sites is 1. The molecule has 0 saturated carbocycles. The first-order valence-electron chi connectivity index (χ1n) is 5.77. The summed E-state index contributed by atoms with van der Waals surface area (Å²) in [4.78, 5) is 10.5. The minimum Gasteiger partial charge on any atom is -0.361 e. The normalized spacial score (nSPS) is 10.8. The van der Waals surface area contributed by atoms with E-state index in [1.54, 1.807) is 24.3 Å². The third kappa shape index (κ3) is 2.56. The second kappa shape index (κ2) is 5.00. The summed E-state index contributed by atoms with van der Waals surface area (Å²) in [6, 6.07) is 8.29. The first-order valence-corrected chi connectivity index (χ1v) is 5.77. The summed E-state index contributed by atoms with van der Waals surface area (Å²) in [6.45, 7) is 4.15. The molecule has 0 amide bonds. The number of rotatable bonds is 4. The van der Waals surface area contributed by atoms with Crippen molar-refractivity contribution in [1.29, 1.82) is 0 Å². The van der Waals surface area contributed by atoms with Crippen molar-refractivity contribution in [3.8, 4) is 11.3 Å². The topological polar surface area (TPSA) is 69.2 Å². The Morgan fingerprint density at radius 1 is 1.39 bits per heavy atom. The van der Waals surface area contributed by atoms with Crippen LogP contribution >= 0.6 is 0 Å². The van der Waals surface area contributed by atoms with Gasteiger partial charge in [0.2, 0.25) is 0 Å². The second-order valence-corrected chi connectivity index (χ2v) is 4.55. The average Bonchev–Trinajstić information content (AvgIpc) is 2.76. The zero-order chi connectivity index (χ0) is 13.1. The molecule has 0 N–H and O–H groups in total. The van der Waals surface area contributed by atoms with Crippen molar-refractivity contribution in [1.82, 2.24) is 5.16 Å². The van der Waals surface area contributed by atoms with Gasteiger partial charge in [-0.05, 0) is 12.0 Å². The second-order valence-electron chi connectivity index (χ2n) is 4.55. The number of benzene rings is 1. The van der Waals surface area contributed by atoms with Gasteiger partial charge in [0.1, 0.15) is 11.5 Å². The Labute approximate surface area is 105 Å². The maximum atomic E-state index is 10.9. The summed E-state index contributed by atoms with van der Waals surface area (Å²) in [5.74, 6) is 1.20. The molecule has 0 aliphatic carbocycles. The highest BCUT2D eigenvalue weighted by Gasteiger charge is 2.17. The highest BCUT2D eigenvalue weighted by molar-refractivity contribution is 5.70. The van der Waals surface area contributed by atoms with Crippen LogP contribution in [0.1, 0.15) is 19.6 Å². The van der Waals surface area contributed by atoms with Crippen molar-refractivity contribution in [3.63, 3.8) is 0 Å². The number of aromatic nitrogens is 1. The van der Waals surface area contributed by atoms with Gasteiger partial charge < -0.3 is 4.52 Å². The number of nitro groups is 1. The van der Waals surface area contributed by atoms with Gasteiger partial charge in [0, 0.05) is 18.6 Å². The molecule has 1 aromatic carbocycles. The Morgan fingerprint density at radius 2 is 2.11 bits per heavy atom. The lowest BCUT2D eigenvalue weighted by Gasteiger charge is -1.98. The highest BCUT2D eigenvalue weighted by atomic mass is 16.6. The van der Waals surface area contributed by atoms with Gasteiger partial charge >= 0.3 is 0 Å².